The van der Waals surface area contributed by atoms with E-state index in [9.17, 15) is 4.79 Å². The van der Waals surface area contributed by atoms with Crippen molar-refractivity contribution in [3.8, 4) is 11.3 Å². The second kappa shape index (κ2) is 7.57. The van der Waals surface area contributed by atoms with Crippen LogP contribution in [0.4, 0.5) is 10.5 Å². The first kappa shape index (κ1) is 16.6. The third kappa shape index (κ3) is 4.40. The predicted molar refractivity (Wildman–Crippen MR) is 99.7 cm³/mol. The van der Waals surface area contributed by atoms with Gasteiger partial charge >= 0.3 is 6.03 Å². The van der Waals surface area contributed by atoms with Crippen LogP contribution in [0.1, 0.15) is 23.7 Å². The number of pyridine rings is 1. The molecule has 0 aromatic carbocycles. The Bertz CT molecular complexity index is 876. The van der Waals surface area contributed by atoms with Gasteiger partial charge in [0.1, 0.15) is 10.8 Å². The van der Waals surface area contributed by atoms with Crippen molar-refractivity contribution in [2.24, 2.45) is 5.92 Å². The molecular weight excluding hydrogens is 348 g/mol. The first-order valence-corrected chi connectivity index (χ1v) is 9.35. The zero-order valence-corrected chi connectivity index (χ0v) is 14.9. The van der Waals surface area contributed by atoms with Crippen LogP contribution in [-0.4, -0.2) is 26.0 Å². The molecule has 3 aromatic heterocycles. The number of rotatable bonds is 6. The molecule has 3 aromatic rings. The average Bonchev–Trinajstić information content (AvgIpc) is 3.36. The SMILES string of the molecule is O=C(NCc1nc(-c2ccncc2)cs1)Nc1cnc(CC2CC2)nc1. The van der Waals surface area contributed by atoms with Crippen LogP contribution in [0, 0.1) is 5.92 Å². The summed E-state index contributed by atoms with van der Waals surface area (Å²) in [5.41, 5.74) is 2.48. The van der Waals surface area contributed by atoms with E-state index in [0.29, 0.717) is 12.2 Å². The van der Waals surface area contributed by atoms with E-state index in [2.05, 4.69) is 30.6 Å². The van der Waals surface area contributed by atoms with Crippen molar-refractivity contribution in [3.63, 3.8) is 0 Å². The molecule has 0 radical (unpaired) electrons. The normalized spacial score (nSPS) is 13.4. The summed E-state index contributed by atoms with van der Waals surface area (Å²) in [6.45, 7) is 0.363. The Hall–Kier alpha value is -2.87. The van der Waals surface area contributed by atoms with E-state index in [1.807, 2.05) is 17.5 Å². The Morgan fingerprint density at radius 3 is 2.69 bits per heavy atom. The molecule has 0 bridgehead atoms. The molecule has 26 heavy (non-hydrogen) atoms. The van der Waals surface area contributed by atoms with Crippen molar-refractivity contribution in [2.45, 2.75) is 25.8 Å². The lowest BCUT2D eigenvalue weighted by Gasteiger charge is -2.06. The lowest BCUT2D eigenvalue weighted by molar-refractivity contribution is 0.251. The third-order valence-electron chi connectivity index (χ3n) is 4.06. The number of nitrogens with one attached hydrogen (secondary N) is 2. The summed E-state index contributed by atoms with van der Waals surface area (Å²) >= 11 is 1.51. The van der Waals surface area contributed by atoms with Crippen molar-refractivity contribution in [1.82, 2.24) is 25.3 Å². The maximum absolute atomic E-state index is 12.0. The highest BCUT2D eigenvalue weighted by Gasteiger charge is 2.22. The second-order valence-corrected chi connectivity index (χ2v) is 7.15. The van der Waals surface area contributed by atoms with Crippen LogP contribution in [0.2, 0.25) is 0 Å². The highest BCUT2D eigenvalue weighted by atomic mass is 32.1. The van der Waals surface area contributed by atoms with E-state index in [1.165, 1.54) is 24.2 Å². The lowest BCUT2D eigenvalue weighted by Crippen LogP contribution is -2.28. The molecule has 0 spiro atoms. The fourth-order valence-corrected chi connectivity index (χ4v) is 3.23. The van der Waals surface area contributed by atoms with E-state index in [1.54, 1.807) is 24.8 Å². The maximum atomic E-state index is 12.0. The molecule has 2 N–H and O–H groups in total. The number of hydrogen-bond acceptors (Lipinski definition) is 6. The minimum Gasteiger partial charge on any atom is -0.331 e. The molecule has 0 saturated heterocycles. The van der Waals surface area contributed by atoms with Crippen LogP contribution in [0.25, 0.3) is 11.3 Å². The Morgan fingerprint density at radius 1 is 1.19 bits per heavy atom. The zero-order valence-electron chi connectivity index (χ0n) is 14.1. The summed E-state index contributed by atoms with van der Waals surface area (Å²) in [5, 5.41) is 8.34. The van der Waals surface area contributed by atoms with Gasteiger partial charge in [-0.3, -0.25) is 4.98 Å². The molecule has 0 unspecified atom stereocenters. The van der Waals surface area contributed by atoms with Gasteiger partial charge in [-0.25, -0.2) is 19.7 Å². The molecular formula is C18H18N6OS. The number of carbonyl (C=O) groups is 1. The van der Waals surface area contributed by atoms with Crippen LogP contribution in [0.3, 0.4) is 0 Å². The van der Waals surface area contributed by atoms with Crippen LogP contribution < -0.4 is 10.6 Å². The molecule has 7 nitrogen and oxygen atoms in total. The number of carbonyl (C=O) groups excluding carboxylic acids is 1. The molecule has 1 fully saturated rings. The first-order valence-electron chi connectivity index (χ1n) is 8.47. The topological polar surface area (TPSA) is 92.7 Å². The molecule has 0 aliphatic heterocycles. The first-order chi connectivity index (χ1) is 12.8. The van der Waals surface area contributed by atoms with Gasteiger partial charge < -0.3 is 10.6 Å². The minimum absolute atomic E-state index is 0.302. The summed E-state index contributed by atoms with van der Waals surface area (Å²) in [5.74, 6) is 1.58. The predicted octanol–water partition coefficient (Wildman–Crippen LogP) is 3.27. The number of nitrogens with zero attached hydrogens (tertiary/aromatic N) is 4. The van der Waals surface area contributed by atoms with Crippen molar-refractivity contribution >= 4 is 23.1 Å². The molecule has 1 aliphatic carbocycles. The van der Waals surface area contributed by atoms with Gasteiger partial charge in [0, 0.05) is 29.8 Å². The highest BCUT2D eigenvalue weighted by Crippen LogP contribution is 2.31. The molecule has 3 heterocycles. The monoisotopic (exact) mass is 366 g/mol. The lowest BCUT2D eigenvalue weighted by atomic mass is 10.2. The maximum Gasteiger partial charge on any atom is 0.319 e. The summed E-state index contributed by atoms with van der Waals surface area (Å²) in [4.78, 5) is 29.1. The largest absolute Gasteiger partial charge is 0.331 e. The smallest absolute Gasteiger partial charge is 0.319 e. The second-order valence-electron chi connectivity index (χ2n) is 6.21. The van der Waals surface area contributed by atoms with Crippen LogP contribution in [0.15, 0.2) is 42.3 Å². The Kier molecular flexibility index (Phi) is 4.83. The van der Waals surface area contributed by atoms with Crippen LogP contribution in [0.5, 0.6) is 0 Å². The summed E-state index contributed by atoms with van der Waals surface area (Å²) < 4.78 is 0. The molecule has 1 aliphatic rings. The summed E-state index contributed by atoms with van der Waals surface area (Å²) in [7, 11) is 0. The van der Waals surface area contributed by atoms with Gasteiger partial charge in [-0.15, -0.1) is 11.3 Å². The standard InChI is InChI=1S/C18H18N6OS/c25-18(23-14-8-20-16(21-9-14)7-12-1-2-12)22-10-17-24-15(11-26-17)13-3-5-19-6-4-13/h3-6,8-9,11-12H,1-2,7,10H2,(H2,22,23,25). The number of thiazole rings is 1. The number of urea groups is 1. The third-order valence-corrected chi connectivity index (χ3v) is 4.91. The van der Waals surface area contributed by atoms with Crippen LogP contribution >= 0.6 is 11.3 Å². The quantitative estimate of drug-likeness (QED) is 0.698. The zero-order chi connectivity index (χ0) is 17.8. The van der Waals surface area contributed by atoms with Gasteiger partial charge in [-0.2, -0.15) is 0 Å². The molecule has 132 valence electrons. The van der Waals surface area contributed by atoms with Gasteiger partial charge in [-0.1, -0.05) is 0 Å². The van der Waals surface area contributed by atoms with Crippen molar-refractivity contribution < 1.29 is 4.79 Å². The van der Waals surface area contributed by atoms with Gasteiger partial charge in [0.2, 0.25) is 0 Å². The van der Waals surface area contributed by atoms with Gasteiger partial charge in [-0.05, 0) is 30.9 Å². The minimum atomic E-state index is -0.302. The summed E-state index contributed by atoms with van der Waals surface area (Å²) in [6.07, 6.45) is 10.2. The van der Waals surface area contributed by atoms with Crippen molar-refractivity contribution in [2.75, 3.05) is 5.32 Å². The average molecular weight is 366 g/mol. The van der Waals surface area contributed by atoms with E-state index in [-0.39, 0.29) is 6.03 Å². The van der Waals surface area contributed by atoms with E-state index >= 15 is 0 Å². The van der Waals surface area contributed by atoms with E-state index in [4.69, 9.17) is 0 Å². The Balaban J connectivity index is 1.28. The molecule has 8 heteroatoms. The molecule has 1 saturated carbocycles. The van der Waals surface area contributed by atoms with Gasteiger partial charge in [0.05, 0.1) is 30.3 Å². The van der Waals surface area contributed by atoms with Crippen LogP contribution in [-0.2, 0) is 13.0 Å². The van der Waals surface area contributed by atoms with E-state index < -0.39 is 0 Å². The highest BCUT2D eigenvalue weighted by molar-refractivity contribution is 7.09. The molecule has 4 rings (SSSR count). The fraction of sp³-hybridized carbons (Fsp3) is 0.278. The molecule has 2 amide bonds. The van der Waals surface area contributed by atoms with Gasteiger partial charge in [0.15, 0.2) is 0 Å². The number of amides is 2. The fourth-order valence-electron chi connectivity index (χ4n) is 2.48. The summed E-state index contributed by atoms with van der Waals surface area (Å²) in [6, 6.07) is 3.52. The number of anilines is 1. The van der Waals surface area contributed by atoms with Crippen molar-refractivity contribution in [1.29, 1.82) is 0 Å². The van der Waals surface area contributed by atoms with Gasteiger partial charge in [0.25, 0.3) is 0 Å². The number of aromatic nitrogens is 4. The van der Waals surface area contributed by atoms with E-state index in [0.717, 1.165) is 34.4 Å². The Morgan fingerprint density at radius 2 is 1.96 bits per heavy atom. The Labute approximate surface area is 155 Å². The molecule has 0 atom stereocenters. The van der Waals surface area contributed by atoms with Crippen molar-refractivity contribution in [3.05, 3.63) is 53.1 Å². The number of hydrogen-bond donors (Lipinski definition) is 2.